The average Bonchev–Trinajstić information content (AvgIpc) is 2.24. The summed E-state index contributed by atoms with van der Waals surface area (Å²) in [6.07, 6.45) is 2.02. The molecule has 1 fully saturated rings. The number of nitrogens with zero attached hydrogens (tertiary/aromatic N) is 1. The summed E-state index contributed by atoms with van der Waals surface area (Å²) in [5.41, 5.74) is 1.39. The maximum absolute atomic E-state index is 9.28. The summed E-state index contributed by atoms with van der Waals surface area (Å²) >= 11 is 1.83. The zero-order valence-corrected chi connectivity index (χ0v) is 10.6. The molecule has 1 aromatic rings. The highest BCUT2D eigenvalue weighted by Gasteiger charge is 2.46. The van der Waals surface area contributed by atoms with E-state index in [4.69, 9.17) is 0 Å². The monoisotopic (exact) mass is 231 g/mol. The van der Waals surface area contributed by atoms with E-state index in [1.54, 1.807) is 0 Å². The lowest BCUT2D eigenvalue weighted by Gasteiger charge is -2.43. The molecule has 0 N–H and O–H groups in total. The summed E-state index contributed by atoms with van der Waals surface area (Å²) < 4.78 is -0.116. The maximum Gasteiger partial charge on any atom is 0.104 e. The predicted octanol–water partition coefficient (Wildman–Crippen LogP) is 3.97. The van der Waals surface area contributed by atoms with Gasteiger partial charge in [-0.2, -0.15) is 5.26 Å². The zero-order valence-electron chi connectivity index (χ0n) is 9.81. The fourth-order valence-corrected chi connectivity index (χ4v) is 3.91. The van der Waals surface area contributed by atoms with E-state index in [2.05, 4.69) is 44.2 Å². The van der Waals surface area contributed by atoms with Crippen LogP contribution >= 0.6 is 11.8 Å². The number of hydrogen-bond acceptors (Lipinski definition) is 2. The van der Waals surface area contributed by atoms with Gasteiger partial charge in [-0.3, -0.25) is 0 Å². The van der Waals surface area contributed by atoms with Crippen LogP contribution in [0.3, 0.4) is 0 Å². The number of rotatable bonds is 3. The van der Waals surface area contributed by atoms with Crippen molar-refractivity contribution in [3.8, 4) is 6.07 Å². The minimum atomic E-state index is -0.116. The van der Waals surface area contributed by atoms with E-state index in [0.29, 0.717) is 11.2 Å². The molecule has 0 amide bonds. The first-order chi connectivity index (χ1) is 7.65. The number of hydrogen-bond donors (Lipinski definition) is 0. The van der Waals surface area contributed by atoms with Crippen molar-refractivity contribution in [3.63, 3.8) is 0 Å². The molecule has 2 rings (SSSR count). The highest BCUT2D eigenvalue weighted by molar-refractivity contribution is 8.01. The summed E-state index contributed by atoms with van der Waals surface area (Å²) in [5.74, 6) is 0.590. The van der Waals surface area contributed by atoms with Crippen LogP contribution in [0, 0.1) is 11.3 Å². The van der Waals surface area contributed by atoms with Crippen molar-refractivity contribution in [2.24, 2.45) is 0 Å². The molecule has 0 aromatic heterocycles. The molecule has 1 aliphatic rings. The van der Waals surface area contributed by atoms with Crippen molar-refractivity contribution in [1.82, 2.24) is 0 Å². The molecular weight excluding hydrogens is 214 g/mol. The van der Waals surface area contributed by atoms with E-state index in [1.807, 2.05) is 17.8 Å². The Morgan fingerprint density at radius 2 is 1.94 bits per heavy atom. The van der Waals surface area contributed by atoms with Crippen LogP contribution in [0.4, 0.5) is 0 Å². The Kier molecular flexibility index (Phi) is 3.25. The molecule has 0 unspecified atom stereocenters. The van der Waals surface area contributed by atoms with E-state index in [1.165, 1.54) is 5.56 Å². The lowest BCUT2D eigenvalue weighted by molar-refractivity contribution is 0.368. The van der Waals surface area contributed by atoms with Crippen LogP contribution in [0.2, 0.25) is 0 Å². The smallest absolute Gasteiger partial charge is 0.104 e. The Hall–Kier alpha value is -0.940. The molecule has 0 saturated heterocycles. The fraction of sp³-hybridized carbons (Fsp3) is 0.500. The summed E-state index contributed by atoms with van der Waals surface area (Å²) in [6, 6.07) is 13.1. The first-order valence-electron chi connectivity index (χ1n) is 5.79. The van der Waals surface area contributed by atoms with Crippen LogP contribution in [0.5, 0.6) is 0 Å². The Morgan fingerprint density at radius 1 is 1.31 bits per heavy atom. The van der Waals surface area contributed by atoms with Crippen molar-refractivity contribution in [2.75, 3.05) is 0 Å². The van der Waals surface area contributed by atoms with Gasteiger partial charge in [0, 0.05) is 5.25 Å². The van der Waals surface area contributed by atoms with Crippen LogP contribution < -0.4 is 0 Å². The Morgan fingerprint density at radius 3 is 2.44 bits per heavy atom. The molecule has 16 heavy (non-hydrogen) atoms. The van der Waals surface area contributed by atoms with Crippen molar-refractivity contribution in [3.05, 3.63) is 35.9 Å². The number of thioether (sulfide) groups is 1. The zero-order chi connectivity index (χ0) is 11.6. The second kappa shape index (κ2) is 4.51. The Balaban J connectivity index is 2.01. The van der Waals surface area contributed by atoms with Gasteiger partial charge in [-0.05, 0) is 24.3 Å². The molecule has 2 heteroatoms. The lowest BCUT2D eigenvalue weighted by Crippen LogP contribution is -2.39. The Bertz CT molecular complexity index is 385. The van der Waals surface area contributed by atoms with Gasteiger partial charge in [0.25, 0.3) is 0 Å². The van der Waals surface area contributed by atoms with Gasteiger partial charge in [0.15, 0.2) is 0 Å². The minimum absolute atomic E-state index is 0.116. The molecule has 0 atom stereocenters. The highest BCUT2D eigenvalue weighted by atomic mass is 32.2. The maximum atomic E-state index is 9.28. The topological polar surface area (TPSA) is 23.8 Å². The molecule has 1 aliphatic carbocycles. The molecule has 1 aromatic carbocycles. The summed E-state index contributed by atoms with van der Waals surface area (Å²) in [6.45, 7) is 4.33. The van der Waals surface area contributed by atoms with Crippen molar-refractivity contribution in [2.45, 2.75) is 42.6 Å². The highest BCUT2D eigenvalue weighted by Crippen LogP contribution is 2.53. The van der Waals surface area contributed by atoms with Gasteiger partial charge in [-0.1, -0.05) is 44.2 Å². The van der Waals surface area contributed by atoms with Gasteiger partial charge < -0.3 is 0 Å². The van der Waals surface area contributed by atoms with Crippen molar-refractivity contribution >= 4 is 11.8 Å². The van der Waals surface area contributed by atoms with Gasteiger partial charge >= 0.3 is 0 Å². The van der Waals surface area contributed by atoms with Gasteiger partial charge in [0.1, 0.15) is 4.75 Å². The second-order valence-electron chi connectivity index (χ2n) is 4.79. The second-order valence-corrected chi connectivity index (χ2v) is 6.75. The molecular formula is C14H17NS. The van der Waals surface area contributed by atoms with Gasteiger partial charge in [-0.15, -0.1) is 11.8 Å². The largest absolute Gasteiger partial charge is 0.197 e. The summed E-state index contributed by atoms with van der Waals surface area (Å²) in [4.78, 5) is 0. The van der Waals surface area contributed by atoms with E-state index in [0.717, 1.165) is 12.8 Å². The first kappa shape index (κ1) is 11.5. The van der Waals surface area contributed by atoms with Gasteiger partial charge in [0.05, 0.1) is 6.07 Å². The molecule has 0 heterocycles. The molecule has 0 aliphatic heterocycles. The van der Waals surface area contributed by atoms with Crippen LogP contribution in [0.1, 0.15) is 38.2 Å². The van der Waals surface area contributed by atoms with Crippen LogP contribution in [0.25, 0.3) is 0 Å². The lowest BCUT2D eigenvalue weighted by atomic mass is 9.71. The van der Waals surface area contributed by atoms with Crippen molar-refractivity contribution < 1.29 is 0 Å². The van der Waals surface area contributed by atoms with Crippen LogP contribution in [0.15, 0.2) is 30.3 Å². The van der Waals surface area contributed by atoms with E-state index in [9.17, 15) is 5.26 Å². The van der Waals surface area contributed by atoms with Crippen LogP contribution in [-0.4, -0.2) is 10.00 Å². The van der Waals surface area contributed by atoms with Gasteiger partial charge in [0.2, 0.25) is 0 Å². The number of benzene rings is 1. The molecule has 0 spiro atoms. The van der Waals surface area contributed by atoms with Crippen LogP contribution in [-0.2, 0) is 0 Å². The van der Waals surface area contributed by atoms with E-state index in [-0.39, 0.29) is 4.75 Å². The predicted molar refractivity (Wildman–Crippen MR) is 69.5 cm³/mol. The average molecular weight is 231 g/mol. The first-order valence-corrected chi connectivity index (χ1v) is 6.67. The molecule has 84 valence electrons. The van der Waals surface area contributed by atoms with E-state index >= 15 is 0 Å². The normalized spacial score (nSPS) is 28.5. The third-order valence-electron chi connectivity index (χ3n) is 3.09. The third-order valence-corrected chi connectivity index (χ3v) is 4.44. The van der Waals surface area contributed by atoms with E-state index < -0.39 is 0 Å². The molecule has 0 bridgehead atoms. The summed E-state index contributed by atoms with van der Waals surface area (Å²) in [7, 11) is 0. The molecule has 1 nitrogen and oxygen atoms in total. The minimum Gasteiger partial charge on any atom is -0.197 e. The summed E-state index contributed by atoms with van der Waals surface area (Å²) in [5, 5.41) is 9.82. The quantitative estimate of drug-likeness (QED) is 0.786. The third kappa shape index (κ3) is 2.25. The molecule has 1 saturated carbocycles. The fourth-order valence-electron chi connectivity index (χ4n) is 2.36. The molecule has 0 radical (unpaired) electrons. The van der Waals surface area contributed by atoms with Crippen molar-refractivity contribution in [1.29, 1.82) is 5.26 Å². The number of nitriles is 1. The SMILES string of the molecule is CC(C)SC1(C#N)CC(c2ccccc2)C1. The Labute approximate surface area is 102 Å². The van der Waals surface area contributed by atoms with Gasteiger partial charge in [-0.25, -0.2) is 0 Å². The standard InChI is InChI=1S/C14H17NS/c1-11(2)16-14(10-15)8-13(9-14)12-6-4-3-5-7-12/h3-7,11,13H,8-9H2,1-2H3.